The number of aliphatic hydroxyl groups excluding tert-OH is 1. The molecule has 0 spiro atoms. The summed E-state index contributed by atoms with van der Waals surface area (Å²) in [6.07, 6.45) is 0.679. The number of aliphatic hydroxyl groups is 1. The van der Waals surface area contributed by atoms with Crippen LogP contribution in [-0.4, -0.2) is 18.5 Å². The average Bonchev–Trinajstić information content (AvgIpc) is 2.20. The Kier molecular flexibility index (Phi) is 5.24. The van der Waals surface area contributed by atoms with Crippen LogP contribution < -0.4 is 0 Å². The monoisotopic (exact) mass is 163 g/mol. The van der Waals surface area contributed by atoms with Gasteiger partial charge in [0, 0.05) is 12.7 Å². The van der Waals surface area contributed by atoms with Gasteiger partial charge < -0.3 is 5.11 Å². The summed E-state index contributed by atoms with van der Waals surface area (Å²) in [5.74, 6) is 0. The van der Waals surface area contributed by atoms with Gasteiger partial charge >= 0.3 is 0 Å². The van der Waals surface area contributed by atoms with Crippen molar-refractivity contribution < 1.29 is 9.90 Å². The van der Waals surface area contributed by atoms with Gasteiger partial charge in [-0.25, -0.2) is 0 Å². The summed E-state index contributed by atoms with van der Waals surface area (Å²) in [4.78, 5) is 10.2. The van der Waals surface area contributed by atoms with Crippen LogP contribution in [0, 0.1) is 11.3 Å². The van der Waals surface area contributed by atoms with Crippen LogP contribution in [-0.2, 0) is 0 Å². The van der Waals surface area contributed by atoms with Crippen LogP contribution in [0.15, 0.2) is 24.3 Å². The minimum Gasteiger partial charge on any atom is -0.400 e. The molecule has 3 heteroatoms. The zero-order valence-electron chi connectivity index (χ0n) is 6.69. The highest BCUT2D eigenvalue weighted by Gasteiger charge is 1.95. The number of carbonyl (C=O) groups is 1. The largest absolute Gasteiger partial charge is 0.400 e. The summed E-state index contributed by atoms with van der Waals surface area (Å²) in [5.41, 5.74) is 0.877. The minimum absolute atomic E-state index is 0.428. The van der Waals surface area contributed by atoms with Gasteiger partial charge in [-0.05, 0) is 6.07 Å². The van der Waals surface area contributed by atoms with Gasteiger partial charge in [0.05, 0.1) is 11.6 Å². The fourth-order valence-electron chi connectivity index (χ4n) is 0.702. The van der Waals surface area contributed by atoms with E-state index >= 15 is 0 Å². The molecule has 0 fully saturated rings. The van der Waals surface area contributed by atoms with E-state index in [0.29, 0.717) is 17.4 Å². The molecule has 0 aliphatic carbocycles. The molecule has 3 nitrogen and oxygen atoms in total. The molecule has 0 unspecified atom stereocenters. The predicted octanol–water partition coefficient (Wildman–Crippen LogP) is 0.979. The maximum absolute atomic E-state index is 10.2. The van der Waals surface area contributed by atoms with Crippen LogP contribution in [0.4, 0.5) is 0 Å². The summed E-state index contributed by atoms with van der Waals surface area (Å²) in [6.45, 7) is 0. The molecule has 12 heavy (non-hydrogen) atoms. The Morgan fingerprint density at radius 3 is 2.42 bits per heavy atom. The molecular weight excluding hydrogens is 154 g/mol. The number of aldehydes is 1. The highest BCUT2D eigenvalue weighted by Crippen LogP contribution is 2.02. The van der Waals surface area contributed by atoms with Gasteiger partial charge in [-0.15, -0.1) is 0 Å². The smallest absolute Gasteiger partial charge is 0.151 e. The molecule has 0 aliphatic rings. The fourth-order valence-corrected chi connectivity index (χ4v) is 0.702. The van der Waals surface area contributed by atoms with E-state index in [-0.39, 0.29) is 0 Å². The number of benzene rings is 1. The minimum atomic E-state index is 0.428. The van der Waals surface area contributed by atoms with Crippen LogP contribution in [0.1, 0.15) is 15.9 Å². The summed E-state index contributed by atoms with van der Waals surface area (Å²) in [7, 11) is 1.00. The molecule has 0 amide bonds. The highest BCUT2D eigenvalue weighted by atomic mass is 16.2. The fraction of sp³-hybridized carbons (Fsp3) is 0.111. The normalized spacial score (nSPS) is 7.42. The maximum atomic E-state index is 10.2. The second-order valence-corrected chi connectivity index (χ2v) is 1.82. The zero-order valence-corrected chi connectivity index (χ0v) is 6.69. The van der Waals surface area contributed by atoms with Gasteiger partial charge in [-0.1, -0.05) is 18.2 Å². The molecule has 0 bridgehead atoms. The lowest BCUT2D eigenvalue weighted by Gasteiger charge is -1.89. The first kappa shape index (κ1) is 10.3. The maximum Gasteiger partial charge on any atom is 0.151 e. The Morgan fingerprint density at radius 1 is 1.42 bits per heavy atom. The van der Waals surface area contributed by atoms with Crippen molar-refractivity contribution in [2.45, 2.75) is 0 Å². The number of hydrogen-bond acceptors (Lipinski definition) is 3. The van der Waals surface area contributed by atoms with Crippen molar-refractivity contribution in [1.82, 2.24) is 0 Å². The first-order chi connectivity index (χ1) is 5.88. The Hall–Kier alpha value is -1.66. The Bertz CT molecular complexity index is 289. The standard InChI is InChI=1S/C8H5NO.CH4O/c9-5-7-3-1-2-4-8(7)6-10;1-2/h1-4,6H;2H,1H3. The van der Waals surface area contributed by atoms with Gasteiger partial charge in [-0.3, -0.25) is 4.79 Å². The average molecular weight is 163 g/mol. The van der Waals surface area contributed by atoms with Crippen LogP contribution in [0.5, 0.6) is 0 Å². The molecule has 0 radical (unpaired) electrons. The van der Waals surface area contributed by atoms with E-state index in [1.165, 1.54) is 0 Å². The topological polar surface area (TPSA) is 61.1 Å². The summed E-state index contributed by atoms with van der Waals surface area (Å²) in [6, 6.07) is 8.60. The molecule has 62 valence electrons. The second kappa shape index (κ2) is 6.08. The third-order valence-electron chi connectivity index (χ3n) is 1.21. The van der Waals surface area contributed by atoms with Crippen molar-refractivity contribution in [2.75, 3.05) is 7.11 Å². The van der Waals surface area contributed by atoms with E-state index < -0.39 is 0 Å². The highest BCUT2D eigenvalue weighted by molar-refractivity contribution is 5.78. The molecular formula is C9H9NO2. The van der Waals surface area contributed by atoms with Gasteiger partial charge in [0.2, 0.25) is 0 Å². The second-order valence-electron chi connectivity index (χ2n) is 1.82. The summed E-state index contributed by atoms with van der Waals surface area (Å²) in [5, 5.41) is 15.4. The van der Waals surface area contributed by atoms with E-state index in [1.807, 2.05) is 6.07 Å². The van der Waals surface area contributed by atoms with E-state index in [4.69, 9.17) is 10.4 Å². The van der Waals surface area contributed by atoms with E-state index in [2.05, 4.69) is 0 Å². The van der Waals surface area contributed by atoms with Crippen LogP contribution >= 0.6 is 0 Å². The Balaban J connectivity index is 0.000000561. The molecule has 1 rings (SSSR count). The molecule has 1 N–H and O–H groups in total. The predicted molar refractivity (Wildman–Crippen MR) is 44.7 cm³/mol. The molecule has 0 aliphatic heterocycles. The van der Waals surface area contributed by atoms with Gasteiger partial charge in [-0.2, -0.15) is 5.26 Å². The number of nitriles is 1. The van der Waals surface area contributed by atoms with E-state index in [0.717, 1.165) is 7.11 Å². The lowest BCUT2D eigenvalue weighted by molar-refractivity contribution is 0.112. The number of hydrogen-bond donors (Lipinski definition) is 1. The van der Waals surface area contributed by atoms with Crippen LogP contribution in [0.2, 0.25) is 0 Å². The number of rotatable bonds is 1. The first-order valence-corrected chi connectivity index (χ1v) is 3.27. The molecule has 0 aromatic heterocycles. The number of carbonyl (C=O) groups excluding carboxylic acids is 1. The quantitative estimate of drug-likeness (QED) is 0.628. The van der Waals surface area contributed by atoms with Crippen molar-refractivity contribution in [2.24, 2.45) is 0 Å². The Labute approximate surface area is 70.9 Å². The molecule has 0 saturated carbocycles. The van der Waals surface area contributed by atoms with Gasteiger partial charge in [0.25, 0.3) is 0 Å². The molecule has 1 aromatic rings. The van der Waals surface area contributed by atoms with Crippen molar-refractivity contribution >= 4 is 6.29 Å². The van der Waals surface area contributed by atoms with Crippen LogP contribution in [0.25, 0.3) is 0 Å². The van der Waals surface area contributed by atoms with Crippen molar-refractivity contribution in [3.05, 3.63) is 35.4 Å². The molecule has 1 aromatic carbocycles. The lowest BCUT2D eigenvalue weighted by Crippen LogP contribution is -1.84. The third-order valence-corrected chi connectivity index (χ3v) is 1.21. The van der Waals surface area contributed by atoms with Crippen LogP contribution in [0.3, 0.4) is 0 Å². The van der Waals surface area contributed by atoms with Crippen molar-refractivity contribution in [3.8, 4) is 6.07 Å². The summed E-state index contributed by atoms with van der Waals surface area (Å²) < 4.78 is 0. The SMILES string of the molecule is CO.N#Cc1ccccc1C=O. The van der Waals surface area contributed by atoms with E-state index in [9.17, 15) is 4.79 Å². The van der Waals surface area contributed by atoms with Gasteiger partial charge in [0.15, 0.2) is 6.29 Å². The van der Waals surface area contributed by atoms with Crippen molar-refractivity contribution in [3.63, 3.8) is 0 Å². The lowest BCUT2D eigenvalue weighted by atomic mass is 10.1. The molecule has 0 atom stereocenters. The zero-order chi connectivity index (χ0) is 9.40. The van der Waals surface area contributed by atoms with Gasteiger partial charge in [0.1, 0.15) is 0 Å². The molecule has 0 heterocycles. The Morgan fingerprint density at radius 2 is 2.00 bits per heavy atom. The van der Waals surface area contributed by atoms with Crippen molar-refractivity contribution in [1.29, 1.82) is 5.26 Å². The first-order valence-electron chi connectivity index (χ1n) is 3.27. The number of nitrogens with zero attached hydrogens (tertiary/aromatic N) is 1. The van der Waals surface area contributed by atoms with E-state index in [1.54, 1.807) is 24.3 Å². The summed E-state index contributed by atoms with van der Waals surface area (Å²) >= 11 is 0. The molecule has 0 saturated heterocycles. The third kappa shape index (κ3) is 2.52.